The standard InChI is InChI=1S/C15H22N4/c1-2-9-19(12-13-3-6-17-7-4-13)15-11-18-8-5-14(15)10-16/h5,8,11,13,17H,2-4,6-7,9,12H2,1H3. The van der Waals surface area contributed by atoms with Gasteiger partial charge in [-0.2, -0.15) is 5.26 Å². The third-order valence-electron chi connectivity index (χ3n) is 3.69. The van der Waals surface area contributed by atoms with Crippen LogP contribution in [-0.4, -0.2) is 31.2 Å². The van der Waals surface area contributed by atoms with Crippen molar-refractivity contribution >= 4 is 5.69 Å². The highest BCUT2D eigenvalue weighted by atomic mass is 15.1. The number of nitrogens with one attached hydrogen (secondary N) is 1. The van der Waals surface area contributed by atoms with Crippen LogP contribution in [0, 0.1) is 17.2 Å². The van der Waals surface area contributed by atoms with Crippen molar-refractivity contribution in [2.24, 2.45) is 5.92 Å². The Balaban J connectivity index is 2.12. The van der Waals surface area contributed by atoms with Gasteiger partial charge in [0.1, 0.15) is 6.07 Å². The smallest absolute Gasteiger partial charge is 0.101 e. The van der Waals surface area contributed by atoms with Gasteiger partial charge in [0.25, 0.3) is 0 Å². The molecule has 0 amide bonds. The Labute approximate surface area is 115 Å². The first-order valence-corrected chi connectivity index (χ1v) is 7.15. The maximum atomic E-state index is 9.23. The second-order valence-corrected chi connectivity index (χ2v) is 5.14. The van der Waals surface area contributed by atoms with Crippen LogP contribution in [0.4, 0.5) is 5.69 Å². The van der Waals surface area contributed by atoms with Crippen molar-refractivity contribution < 1.29 is 0 Å². The fraction of sp³-hybridized carbons (Fsp3) is 0.600. The molecule has 0 radical (unpaired) electrons. The highest BCUT2D eigenvalue weighted by molar-refractivity contribution is 5.57. The van der Waals surface area contributed by atoms with E-state index >= 15 is 0 Å². The lowest BCUT2D eigenvalue weighted by molar-refractivity contribution is 0.373. The molecule has 1 aliphatic heterocycles. The zero-order valence-electron chi connectivity index (χ0n) is 11.6. The lowest BCUT2D eigenvalue weighted by Gasteiger charge is -2.31. The first kappa shape index (κ1) is 13.8. The molecule has 0 aromatic carbocycles. The summed E-state index contributed by atoms with van der Waals surface area (Å²) in [6, 6.07) is 4.08. The van der Waals surface area contributed by atoms with Gasteiger partial charge in [0.2, 0.25) is 0 Å². The number of rotatable bonds is 5. The van der Waals surface area contributed by atoms with Gasteiger partial charge in [0.15, 0.2) is 0 Å². The van der Waals surface area contributed by atoms with Gasteiger partial charge in [-0.3, -0.25) is 4.98 Å². The molecule has 1 aromatic rings. The number of nitrogens with zero attached hydrogens (tertiary/aromatic N) is 3. The van der Waals surface area contributed by atoms with Gasteiger partial charge in [-0.15, -0.1) is 0 Å². The number of anilines is 1. The van der Waals surface area contributed by atoms with Gasteiger partial charge in [-0.05, 0) is 44.3 Å². The molecule has 102 valence electrons. The van der Waals surface area contributed by atoms with Crippen molar-refractivity contribution in [2.45, 2.75) is 26.2 Å². The van der Waals surface area contributed by atoms with Gasteiger partial charge >= 0.3 is 0 Å². The van der Waals surface area contributed by atoms with E-state index in [4.69, 9.17) is 0 Å². The number of nitriles is 1. The molecule has 0 atom stereocenters. The minimum absolute atomic E-state index is 0.722. The molecule has 0 bridgehead atoms. The van der Waals surface area contributed by atoms with Crippen molar-refractivity contribution in [1.82, 2.24) is 10.3 Å². The minimum Gasteiger partial charge on any atom is -0.369 e. The zero-order valence-corrected chi connectivity index (χ0v) is 11.6. The fourth-order valence-corrected chi connectivity index (χ4v) is 2.69. The van der Waals surface area contributed by atoms with Gasteiger partial charge in [0, 0.05) is 19.3 Å². The lowest BCUT2D eigenvalue weighted by Crippen LogP contribution is -2.37. The maximum absolute atomic E-state index is 9.23. The summed E-state index contributed by atoms with van der Waals surface area (Å²) in [5.74, 6) is 0.722. The molecule has 1 aliphatic rings. The molecule has 1 fully saturated rings. The fourth-order valence-electron chi connectivity index (χ4n) is 2.69. The Morgan fingerprint density at radius 1 is 1.47 bits per heavy atom. The van der Waals surface area contributed by atoms with E-state index in [-0.39, 0.29) is 0 Å². The molecule has 4 heteroatoms. The Morgan fingerprint density at radius 2 is 2.26 bits per heavy atom. The number of aromatic nitrogens is 1. The summed E-state index contributed by atoms with van der Waals surface area (Å²) in [4.78, 5) is 6.52. The van der Waals surface area contributed by atoms with Crippen LogP contribution in [0.2, 0.25) is 0 Å². The van der Waals surface area contributed by atoms with Crippen molar-refractivity contribution in [3.63, 3.8) is 0 Å². The number of hydrogen-bond acceptors (Lipinski definition) is 4. The molecule has 1 N–H and O–H groups in total. The first-order valence-electron chi connectivity index (χ1n) is 7.15. The van der Waals surface area contributed by atoms with Crippen LogP contribution in [0.15, 0.2) is 18.5 Å². The summed E-state index contributed by atoms with van der Waals surface area (Å²) in [5, 5.41) is 12.6. The third-order valence-corrected chi connectivity index (χ3v) is 3.69. The number of pyridine rings is 1. The summed E-state index contributed by atoms with van der Waals surface area (Å²) >= 11 is 0. The zero-order chi connectivity index (χ0) is 13.5. The topological polar surface area (TPSA) is 52.0 Å². The van der Waals surface area contributed by atoms with Crippen LogP contribution in [0.1, 0.15) is 31.7 Å². The molecule has 19 heavy (non-hydrogen) atoms. The molecule has 1 aromatic heterocycles. The number of hydrogen-bond donors (Lipinski definition) is 1. The summed E-state index contributed by atoms with van der Waals surface area (Å²) in [7, 11) is 0. The molecule has 2 rings (SSSR count). The Morgan fingerprint density at radius 3 is 2.95 bits per heavy atom. The van der Waals surface area contributed by atoms with Crippen LogP contribution < -0.4 is 10.2 Å². The average Bonchev–Trinajstić information content (AvgIpc) is 2.48. The van der Waals surface area contributed by atoms with E-state index in [9.17, 15) is 5.26 Å². The molecule has 0 unspecified atom stereocenters. The monoisotopic (exact) mass is 258 g/mol. The molecule has 4 nitrogen and oxygen atoms in total. The second-order valence-electron chi connectivity index (χ2n) is 5.14. The molecule has 0 saturated carbocycles. The van der Waals surface area contributed by atoms with E-state index in [2.05, 4.69) is 28.2 Å². The van der Waals surface area contributed by atoms with Gasteiger partial charge in [0.05, 0.1) is 17.4 Å². The molecular formula is C15H22N4. The SMILES string of the molecule is CCCN(CC1CCNCC1)c1cnccc1C#N. The molecule has 1 saturated heterocycles. The van der Waals surface area contributed by atoms with Crippen LogP contribution in [0.5, 0.6) is 0 Å². The van der Waals surface area contributed by atoms with E-state index in [1.54, 1.807) is 12.3 Å². The first-order chi connectivity index (χ1) is 9.35. The van der Waals surface area contributed by atoms with Gasteiger partial charge in [-0.25, -0.2) is 0 Å². The van der Waals surface area contributed by atoms with Crippen molar-refractivity contribution in [2.75, 3.05) is 31.1 Å². The Bertz CT molecular complexity index is 432. The summed E-state index contributed by atoms with van der Waals surface area (Å²) in [6.07, 6.45) is 7.06. The quantitative estimate of drug-likeness (QED) is 0.879. The van der Waals surface area contributed by atoms with Crippen LogP contribution >= 0.6 is 0 Å². The predicted octanol–water partition coefficient (Wildman–Crippen LogP) is 2.17. The minimum atomic E-state index is 0.722. The molecule has 0 aliphatic carbocycles. The third kappa shape index (κ3) is 3.68. The van der Waals surface area contributed by atoms with E-state index in [0.29, 0.717) is 0 Å². The normalized spacial score (nSPS) is 16.0. The van der Waals surface area contributed by atoms with Crippen LogP contribution in [0.3, 0.4) is 0 Å². The number of piperidine rings is 1. The average molecular weight is 258 g/mol. The molecule has 2 heterocycles. The van der Waals surface area contributed by atoms with Gasteiger partial charge in [-0.1, -0.05) is 6.92 Å². The second kappa shape index (κ2) is 7.10. The van der Waals surface area contributed by atoms with Crippen LogP contribution in [0.25, 0.3) is 0 Å². The van der Waals surface area contributed by atoms with E-state index in [1.165, 1.54) is 12.8 Å². The van der Waals surface area contributed by atoms with Crippen LogP contribution in [-0.2, 0) is 0 Å². The largest absolute Gasteiger partial charge is 0.369 e. The van der Waals surface area contributed by atoms with E-state index in [1.807, 2.05) is 6.20 Å². The van der Waals surface area contributed by atoms with E-state index in [0.717, 1.165) is 49.8 Å². The predicted molar refractivity (Wildman–Crippen MR) is 77.0 cm³/mol. The molecule has 0 spiro atoms. The summed E-state index contributed by atoms with van der Waals surface area (Å²) in [5.41, 5.74) is 1.72. The maximum Gasteiger partial charge on any atom is 0.101 e. The van der Waals surface area contributed by atoms with Gasteiger partial charge < -0.3 is 10.2 Å². The lowest BCUT2D eigenvalue weighted by atomic mass is 9.97. The van der Waals surface area contributed by atoms with Crippen molar-refractivity contribution in [3.05, 3.63) is 24.0 Å². The Kier molecular flexibility index (Phi) is 5.17. The Hall–Kier alpha value is -1.60. The van der Waals surface area contributed by atoms with Crippen molar-refractivity contribution in [3.8, 4) is 6.07 Å². The highest BCUT2D eigenvalue weighted by Crippen LogP contribution is 2.22. The van der Waals surface area contributed by atoms with Crippen molar-refractivity contribution in [1.29, 1.82) is 5.26 Å². The summed E-state index contributed by atoms with van der Waals surface area (Å²) in [6.45, 7) is 6.43. The highest BCUT2D eigenvalue weighted by Gasteiger charge is 2.18. The summed E-state index contributed by atoms with van der Waals surface area (Å²) < 4.78 is 0. The molecular weight excluding hydrogens is 236 g/mol. The van der Waals surface area contributed by atoms with E-state index < -0.39 is 0 Å².